The predicted octanol–water partition coefficient (Wildman–Crippen LogP) is 3.42. The minimum Gasteiger partial charge on any atom is -0.491 e. The maximum absolute atomic E-state index is 13.7. The van der Waals surface area contributed by atoms with Crippen molar-refractivity contribution in [2.75, 3.05) is 17.7 Å². The molecule has 0 radical (unpaired) electrons. The number of rotatable bonds is 4. The molecule has 4 nitrogen and oxygen atoms in total. The van der Waals surface area contributed by atoms with Crippen molar-refractivity contribution in [1.29, 1.82) is 5.26 Å². The summed E-state index contributed by atoms with van der Waals surface area (Å²) in [7, 11) is 0. The van der Waals surface area contributed by atoms with Crippen molar-refractivity contribution in [2.45, 2.75) is 6.92 Å². The summed E-state index contributed by atoms with van der Waals surface area (Å²) in [6, 6.07) is 11.6. The molecule has 3 N–H and O–H groups in total. The van der Waals surface area contributed by atoms with Crippen molar-refractivity contribution in [2.24, 2.45) is 0 Å². The molecule has 0 aliphatic heterocycles. The lowest BCUT2D eigenvalue weighted by molar-refractivity contribution is 0.321. The fourth-order valence-electron chi connectivity index (χ4n) is 1.75. The Labute approximate surface area is 116 Å². The van der Waals surface area contributed by atoms with Crippen LogP contribution in [-0.4, -0.2) is 6.61 Å². The molecule has 0 spiro atoms. The Balaban J connectivity index is 2.22. The van der Waals surface area contributed by atoms with E-state index in [2.05, 4.69) is 5.32 Å². The number of halogens is 1. The Bertz CT molecular complexity index is 665. The van der Waals surface area contributed by atoms with E-state index >= 15 is 0 Å². The number of nitrogen functional groups attached to an aromatic ring is 1. The van der Waals surface area contributed by atoms with Crippen molar-refractivity contribution in [1.82, 2.24) is 0 Å². The highest BCUT2D eigenvalue weighted by Gasteiger charge is 2.05. The normalized spacial score (nSPS) is 9.85. The third-order valence-corrected chi connectivity index (χ3v) is 2.69. The molecule has 0 bridgehead atoms. The van der Waals surface area contributed by atoms with Crippen LogP contribution < -0.4 is 15.8 Å². The number of hydrogen-bond donors (Lipinski definition) is 2. The standard InChI is InChI=1S/C15H14FN3O/c1-2-20-15-6-4-12(8-13(15)16)19-11-3-5-14(18)10(7-11)9-17/h3-8,19H,2,18H2,1H3. The van der Waals surface area contributed by atoms with Crippen LogP contribution in [0.3, 0.4) is 0 Å². The molecule has 0 heterocycles. The highest BCUT2D eigenvalue weighted by atomic mass is 19.1. The van der Waals surface area contributed by atoms with Gasteiger partial charge in [0.2, 0.25) is 0 Å². The summed E-state index contributed by atoms with van der Waals surface area (Å²) in [4.78, 5) is 0. The zero-order valence-corrected chi connectivity index (χ0v) is 11.0. The van der Waals surface area contributed by atoms with E-state index in [1.54, 1.807) is 37.3 Å². The van der Waals surface area contributed by atoms with E-state index < -0.39 is 5.82 Å². The zero-order valence-electron chi connectivity index (χ0n) is 11.0. The Morgan fingerprint density at radius 2 is 1.95 bits per heavy atom. The lowest BCUT2D eigenvalue weighted by Crippen LogP contribution is -1.97. The van der Waals surface area contributed by atoms with Gasteiger partial charge in [-0.15, -0.1) is 0 Å². The molecule has 0 fully saturated rings. The second-order valence-electron chi connectivity index (χ2n) is 4.12. The molecule has 20 heavy (non-hydrogen) atoms. The van der Waals surface area contributed by atoms with E-state index in [0.29, 0.717) is 29.2 Å². The number of nitrogens with zero attached hydrogens (tertiary/aromatic N) is 1. The van der Waals surface area contributed by atoms with Gasteiger partial charge >= 0.3 is 0 Å². The van der Waals surface area contributed by atoms with E-state index in [9.17, 15) is 4.39 Å². The number of nitrogens with one attached hydrogen (secondary N) is 1. The van der Waals surface area contributed by atoms with Gasteiger partial charge in [0.15, 0.2) is 11.6 Å². The van der Waals surface area contributed by atoms with Crippen LogP contribution in [0.5, 0.6) is 5.75 Å². The van der Waals surface area contributed by atoms with Gasteiger partial charge in [0, 0.05) is 23.1 Å². The Morgan fingerprint density at radius 3 is 2.60 bits per heavy atom. The van der Waals surface area contributed by atoms with E-state index in [4.69, 9.17) is 15.7 Å². The second kappa shape index (κ2) is 5.93. The van der Waals surface area contributed by atoms with Gasteiger partial charge < -0.3 is 15.8 Å². The first-order chi connectivity index (χ1) is 9.63. The Hall–Kier alpha value is -2.74. The van der Waals surface area contributed by atoms with Crippen molar-refractivity contribution in [3.63, 3.8) is 0 Å². The topological polar surface area (TPSA) is 71.1 Å². The van der Waals surface area contributed by atoms with E-state index in [1.165, 1.54) is 6.07 Å². The van der Waals surface area contributed by atoms with Gasteiger partial charge in [-0.2, -0.15) is 5.26 Å². The molecule has 0 saturated heterocycles. The largest absolute Gasteiger partial charge is 0.491 e. The summed E-state index contributed by atoms with van der Waals surface area (Å²) in [5.41, 5.74) is 7.67. The van der Waals surface area contributed by atoms with Gasteiger partial charge in [-0.25, -0.2) is 4.39 Å². The number of nitrogens with two attached hydrogens (primary N) is 1. The highest BCUT2D eigenvalue weighted by molar-refractivity contribution is 5.67. The molecule has 0 amide bonds. The fraction of sp³-hybridized carbons (Fsp3) is 0.133. The highest BCUT2D eigenvalue weighted by Crippen LogP contribution is 2.25. The van der Waals surface area contributed by atoms with E-state index in [-0.39, 0.29) is 5.75 Å². The van der Waals surface area contributed by atoms with E-state index in [1.807, 2.05) is 6.07 Å². The summed E-state index contributed by atoms with van der Waals surface area (Å²) < 4.78 is 18.8. The third-order valence-electron chi connectivity index (χ3n) is 2.69. The Morgan fingerprint density at radius 1 is 1.25 bits per heavy atom. The van der Waals surface area contributed by atoms with Gasteiger partial charge in [0.05, 0.1) is 12.2 Å². The maximum Gasteiger partial charge on any atom is 0.167 e. The summed E-state index contributed by atoms with van der Waals surface area (Å²) in [5.74, 6) is -0.221. The van der Waals surface area contributed by atoms with Crippen molar-refractivity contribution in [3.05, 3.63) is 47.8 Å². The number of hydrogen-bond acceptors (Lipinski definition) is 4. The average molecular weight is 271 g/mol. The molecule has 2 aromatic carbocycles. The quantitative estimate of drug-likeness (QED) is 0.836. The summed E-state index contributed by atoms with van der Waals surface area (Å²) >= 11 is 0. The van der Waals surface area contributed by atoms with Crippen LogP contribution >= 0.6 is 0 Å². The molecule has 0 aliphatic carbocycles. The number of anilines is 3. The maximum atomic E-state index is 13.7. The molecule has 102 valence electrons. The van der Waals surface area contributed by atoms with Crippen LogP contribution in [0.2, 0.25) is 0 Å². The van der Waals surface area contributed by atoms with Crippen molar-refractivity contribution >= 4 is 17.1 Å². The molecule has 5 heteroatoms. The van der Waals surface area contributed by atoms with Gasteiger partial charge in [0.25, 0.3) is 0 Å². The van der Waals surface area contributed by atoms with Gasteiger partial charge in [0.1, 0.15) is 6.07 Å². The molecule has 0 aromatic heterocycles. The molecule has 0 unspecified atom stereocenters. The lowest BCUT2D eigenvalue weighted by atomic mass is 10.1. The van der Waals surface area contributed by atoms with Crippen LogP contribution in [0.4, 0.5) is 21.5 Å². The first-order valence-electron chi connectivity index (χ1n) is 6.13. The first-order valence-corrected chi connectivity index (χ1v) is 6.13. The summed E-state index contributed by atoms with van der Waals surface area (Å²) in [6.07, 6.45) is 0. The summed E-state index contributed by atoms with van der Waals surface area (Å²) in [5, 5.41) is 11.9. The van der Waals surface area contributed by atoms with Crippen molar-refractivity contribution in [3.8, 4) is 11.8 Å². The van der Waals surface area contributed by atoms with Crippen LogP contribution in [0, 0.1) is 17.1 Å². The van der Waals surface area contributed by atoms with Crippen molar-refractivity contribution < 1.29 is 9.13 Å². The monoisotopic (exact) mass is 271 g/mol. The summed E-state index contributed by atoms with van der Waals surface area (Å²) in [6.45, 7) is 2.20. The second-order valence-corrected chi connectivity index (χ2v) is 4.12. The van der Waals surface area contributed by atoms with Gasteiger partial charge in [-0.3, -0.25) is 0 Å². The lowest BCUT2D eigenvalue weighted by Gasteiger charge is -2.10. The van der Waals surface area contributed by atoms with Crippen LogP contribution in [-0.2, 0) is 0 Å². The SMILES string of the molecule is CCOc1ccc(Nc2ccc(N)c(C#N)c2)cc1F. The molecular formula is C15H14FN3O. The molecular weight excluding hydrogens is 257 g/mol. The van der Waals surface area contributed by atoms with Crippen LogP contribution in [0.25, 0.3) is 0 Å². The molecule has 0 saturated carbocycles. The van der Waals surface area contributed by atoms with Gasteiger partial charge in [-0.05, 0) is 37.3 Å². The van der Waals surface area contributed by atoms with Crippen LogP contribution in [0.15, 0.2) is 36.4 Å². The number of nitriles is 1. The molecule has 0 atom stereocenters. The smallest absolute Gasteiger partial charge is 0.167 e. The first kappa shape index (κ1) is 13.7. The zero-order chi connectivity index (χ0) is 14.5. The van der Waals surface area contributed by atoms with Crippen LogP contribution in [0.1, 0.15) is 12.5 Å². The molecule has 0 aliphatic rings. The third kappa shape index (κ3) is 2.98. The minimum absolute atomic E-state index is 0.216. The van der Waals surface area contributed by atoms with E-state index in [0.717, 1.165) is 0 Å². The fourth-order valence-corrected chi connectivity index (χ4v) is 1.75. The number of ether oxygens (including phenoxy) is 1. The van der Waals surface area contributed by atoms with Gasteiger partial charge in [-0.1, -0.05) is 0 Å². The predicted molar refractivity (Wildman–Crippen MR) is 76.4 cm³/mol. The molecule has 2 aromatic rings. The minimum atomic E-state index is -0.437. The Kier molecular flexibility index (Phi) is 4.06. The average Bonchev–Trinajstić information content (AvgIpc) is 2.44. The number of benzene rings is 2. The molecule has 2 rings (SSSR count).